The van der Waals surface area contributed by atoms with Gasteiger partial charge in [0.25, 0.3) is 0 Å². The van der Waals surface area contributed by atoms with Crippen LogP contribution in [0.25, 0.3) is 0 Å². The summed E-state index contributed by atoms with van der Waals surface area (Å²) in [5.41, 5.74) is 8.22. The Morgan fingerprint density at radius 3 is 0.653 bits per heavy atom. The quantitative estimate of drug-likeness (QED) is 0.0540. The SMILES string of the molecule is CCN(CC)c1ccc(C=Nc2ccccc2N=Cc2ccc(N(CC)CC)cc2[O-])c([O-])c1.CCN(CC)c1ccc(C=Nc2ccccc2N=Cc2ccc(N(CC)CC)cc2[O-])c([O-])c1.ClCCl.ClCCl.[Ce+4]. The van der Waals surface area contributed by atoms with E-state index < -0.39 is 0 Å². The Labute approximate surface area is 499 Å². The van der Waals surface area contributed by atoms with Crippen molar-refractivity contribution in [3.63, 3.8) is 0 Å². The zero-order valence-electron chi connectivity index (χ0n) is 44.2. The Morgan fingerprint density at radius 1 is 0.333 bits per heavy atom. The summed E-state index contributed by atoms with van der Waals surface area (Å²) in [6.07, 6.45) is 6.28. The third-order valence-electron chi connectivity index (χ3n) is 11.6. The monoisotopic (exact) mass is 1220 g/mol. The van der Waals surface area contributed by atoms with E-state index >= 15 is 0 Å². The number of anilines is 4. The summed E-state index contributed by atoms with van der Waals surface area (Å²) in [4.78, 5) is 26.6. The second-order valence-electron chi connectivity index (χ2n) is 15.8. The number of aliphatic imine (C=N–C) groups is 4. The van der Waals surface area contributed by atoms with E-state index in [-0.39, 0.29) is 75.4 Å². The molecule has 0 radical (unpaired) electrons. The first-order valence-electron chi connectivity index (χ1n) is 24.7. The number of alkyl halides is 4. The Morgan fingerprint density at radius 2 is 0.507 bits per heavy atom. The second-order valence-corrected chi connectivity index (χ2v) is 17.4. The number of para-hydroxylation sites is 4. The molecule has 0 aliphatic carbocycles. The molecule has 0 atom stereocenters. The van der Waals surface area contributed by atoms with Gasteiger partial charge in [-0.2, -0.15) is 0 Å². The summed E-state index contributed by atoms with van der Waals surface area (Å²) >= 11 is 19.1. The molecule has 0 aliphatic rings. The van der Waals surface area contributed by atoms with E-state index in [4.69, 9.17) is 46.4 Å². The average molecular weight is 1220 g/mol. The van der Waals surface area contributed by atoms with Crippen LogP contribution in [0.5, 0.6) is 23.0 Å². The number of hydrogen-bond acceptors (Lipinski definition) is 12. The van der Waals surface area contributed by atoms with Gasteiger partial charge in [-0.1, -0.05) is 71.5 Å². The minimum absolute atomic E-state index is 0. The van der Waals surface area contributed by atoms with Gasteiger partial charge in [0.15, 0.2) is 0 Å². The number of halogens is 4. The van der Waals surface area contributed by atoms with Gasteiger partial charge in [-0.25, -0.2) is 0 Å². The smallest absolute Gasteiger partial charge is 0.872 e. The predicted molar refractivity (Wildman–Crippen MR) is 313 cm³/mol. The van der Waals surface area contributed by atoms with Crippen molar-refractivity contribution in [2.45, 2.75) is 55.4 Å². The molecule has 0 N–H and O–H groups in total. The maximum atomic E-state index is 12.6. The summed E-state index contributed by atoms with van der Waals surface area (Å²) < 4.78 is 0. The van der Waals surface area contributed by atoms with Crippen LogP contribution in [0.2, 0.25) is 0 Å². The van der Waals surface area contributed by atoms with Crippen molar-refractivity contribution in [1.29, 1.82) is 0 Å². The van der Waals surface area contributed by atoms with Gasteiger partial charge in [-0.3, -0.25) is 20.0 Å². The summed E-state index contributed by atoms with van der Waals surface area (Å²) in [5.74, 6) is -0.284. The van der Waals surface area contributed by atoms with E-state index in [1.165, 1.54) is 0 Å². The molecule has 6 rings (SSSR count). The molecule has 17 heteroatoms. The number of nitrogens with zero attached hydrogens (tertiary/aromatic N) is 8. The van der Waals surface area contributed by atoms with Crippen molar-refractivity contribution in [3.05, 3.63) is 144 Å². The molecule has 0 fully saturated rings. The van der Waals surface area contributed by atoms with Crippen molar-refractivity contribution in [2.75, 3.05) is 82.6 Å². The molecule has 0 unspecified atom stereocenters. The van der Waals surface area contributed by atoms with Gasteiger partial charge in [0, 0.05) is 100.0 Å². The van der Waals surface area contributed by atoms with Gasteiger partial charge in [-0.15, -0.1) is 46.4 Å². The largest absolute Gasteiger partial charge is 4.00 e. The fourth-order valence-electron chi connectivity index (χ4n) is 7.58. The normalized spacial score (nSPS) is 10.8. The van der Waals surface area contributed by atoms with Crippen LogP contribution in [0.4, 0.5) is 45.5 Å². The van der Waals surface area contributed by atoms with E-state index in [0.29, 0.717) is 45.0 Å². The molecule has 0 aliphatic heterocycles. The fourth-order valence-corrected chi connectivity index (χ4v) is 7.58. The van der Waals surface area contributed by atoms with Crippen molar-refractivity contribution >= 4 is 117 Å². The van der Waals surface area contributed by atoms with Crippen LogP contribution < -0.4 is 40.0 Å². The summed E-state index contributed by atoms with van der Waals surface area (Å²) in [7, 11) is 0. The van der Waals surface area contributed by atoms with Gasteiger partial charge >= 0.3 is 41.7 Å². The molecule has 12 nitrogen and oxygen atoms in total. The molecule has 0 saturated heterocycles. The van der Waals surface area contributed by atoms with Gasteiger partial charge < -0.3 is 40.0 Å². The first-order valence-corrected chi connectivity index (χ1v) is 26.8. The van der Waals surface area contributed by atoms with Crippen molar-refractivity contribution in [1.82, 2.24) is 0 Å². The van der Waals surface area contributed by atoms with Crippen molar-refractivity contribution in [2.24, 2.45) is 20.0 Å². The van der Waals surface area contributed by atoms with E-state index in [1.807, 2.05) is 72.8 Å². The van der Waals surface area contributed by atoms with Crippen molar-refractivity contribution < 1.29 is 62.2 Å². The first kappa shape index (κ1) is 66.0. The third-order valence-corrected chi connectivity index (χ3v) is 11.6. The van der Waals surface area contributed by atoms with Gasteiger partial charge in [-0.05, 0) is 150 Å². The molecular formula is C58H68CeCl4N8O4. The molecule has 0 aromatic heterocycles. The van der Waals surface area contributed by atoms with Crippen LogP contribution in [-0.2, 0) is 0 Å². The third kappa shape index (κ3) is 21.1. The zero-order valence-corrected chi connectivity index (χ0v) is 50.3. The number of rotatable bonds is 20. The summed E-state index contributed by atoms with van der Waals surface area (Å²) in [6, 6.07) is 36.4. The molecule has 0 spiro atoms. The Hall–Kier alpha value is -5.06. The van der Waals surface area contributed by atoms with Crippen LogP contribution in [0.1, 0.15) is 77.6 Å². The summed E-state index contributed by atoms with van der Waals surface area (Å²) in [6.45, 7) is 23.3. The van der Waals surface area contributed by atoms with Gasteiger partial charge in [0.05, 0.1) is 33.4 Å². The molecule has 6 aromatic carbocycles. The minimum atomic E-state index is -0.0709. The van der Waals surface area contributed by atoms with E-state index in [9.17, 15) is 20.4 Å². The van der Waals surface area contributed by atoms with Crippen LogP contribution in [-0.4, -0.2) is 87.9 Å². The van der Waals surface area contributed by atoms with E-state index in [2.05, 4.69) is 95.0 Å². The van der Waals surface area contributed by atoms with Crippen LogP contribution in [0.3, 0.4) is 0 Å². The topological polar surface area (TPSA) is 155 Å². The fraction of sp³-hybridized carbons (Fsp3) is 0.310. The van der Waals surface area contributed by atoms with Crippen molar-refractivity contribution in [3.8, 4) is 23.0 Å². The second kappa shape index (κ2) is 36.8. The standard InChI is InChI=1S/2C28H34N4O2.2CH2Cl2.Ce/c2*1-5-31(6-2)23-15-13-21(27(33)17-23)19-29-25-11-9-10-12-26(25)30-20-22-14-16-24(18-28(22)34)32(7-3)8-4;2*2-1-3;/h2*9-20,33-34H,5-8H2,1-4H3;2*1H2;/q;;;;+4/p-4. The molecule has 75 heavy (non-hydrogen) atoms. The number of benzene rings is 6. The predicted octanol–water partition coefficient (Wildman–Crippen LogP) is 12.9. The molecule has 0 saturated carbocycles. The molecule has 0 heterocycles. The van der Waals surface area contributed by atoms with Gasteiger partial charge in [0.2, 0.25) is 0 Å². The summed E-state index contributed by atoms with van der Waals surface area (Å²) in [5, 5.41) is 50.6. The molecule has 0 amide bonds. The van der Waals surface area contributed by atoms with E-state index in [0.717, 1.165) is 75.1 Å². The maximum Gasteiger partial charge on any atom is 4.00 e. The average Bonchev–Trinajstić information content (AvgIpc) is 3.40. The molecule has 0 bridgehead atoms. The van der Waals surface area contributed by atoms with Crippen LogP contribution in [0, 0.1) is 41.7 Å². The Balaban J connectivity index is 0.000000459. The minimum Gasteiger partial charge on any atom is -0.872 e. The van der Waals surface area contributed by atoms with E-state index in [1.54, 1.807) is 73.4 Å². The number of hydrogen-bond donors (Lipinski definition) is 0. The van der Waals surface area contributed by atoms with Crippen LogP contribution in [0.15, 0.2) is 141 Å². The van der Waals surface area contributed by atoms with Gasteiger partial charge in [0.1, 0.15) is 0 Å². The molecule has 6 aromatic rings. The maximum absolute atomic E-state index is 12.6. The van der Waals surface area contributed by atoms with Crippen LogP contribution >= 0.6 is 46.4 Å². The first-order chi connectivity index (χ1) is 35.8. The molecule has 396 valence electrons. The Kier molecular flexibility index (Phi) is 32.4. The molecular weight excluding hydrogens is 1150 g/mol. The zero-order chi connectivity index (χ0) is 54.4. The Bertz CT molecular complexity index is 2360.